The molecule has 5 rings (SSSR count). The molecule has 2 atom stereocenters. The topological polar surface area (TPSA) is 180 Å². The molecular formula is C26H24ClN7O5S2. The van der Waals surface area contributed by atoms with E-state index in [0.717, 1.165) is 27.4 Å². The van der Waals surface area contributed by atoms with Gasteiger partial charge in [0.1, 0.15) is 28.1 Å². The van der Waals surface area contributed by atoms with Gasteiger partial charge in [0.25, 0.3) is 11.8 Å². The lowest BCUT2D eigenvalue weighted by Crippen LogP contribution is -2.71. The van der Waals surface area contributed by atoms with Gasteiger partial charge in [-0.2, -0.15) is 0 Å². The Kier molecular flexibility index (Phi) is 8.54. The summed E-state index contributed by atoms with van der Waals surface area (Å²) in [6.07, 6.45) is 3.60. The van der Waals surface area contributed by atoms with Crippen molar-refractivity contribution in [3.63, 3.8) is 0 Å². The highest BCUT2D eigenvalue weighted by atomic mass is 35.5. The first-order chi connectivity index (χ1) is 19.8. The van der Waals surface area contributed by atoms with Gasteiger partial charge in [0.15, 0.2) is 29.8 Å². The Morgan fingerprint density at radius 2 is 1.93 bits per heavy atom. The molecule has 212 valence electrons. The molecule has 0 radical (unpaired) electrons. The first kappa shape index (κ1) is 28.5. The zero-order valence-electron chi connectivity index (χ0n) is 21.4. The van der Waals surface area contributed by atoms with Crippen molar-refractivity contribution in [2.45, 2.75) is 31.1 Å². The molecule has 12 nitrogen and oxygen atoms in total. The number of nitrogen functional groups attached to an aromatic ring is 1. The number of rotatable bonds is 10. The molecule has 1 aromatic carbocycles. The largest absolute Gasteiger partial charge is 0.543 e. The number of aromatic nitrogens is 2. The number of carboxylic acid groups (broad SMARTS) is 1. The van der Waals surface area contributed by atoms with Crippen molar-refractivity contribution >= 4 is 63.3 Å². The van der Waals surface area contributed by atoms with E-state index < -0.39 is 29.2 Å². The minimum atomic E-state index is -1.46. The number of carboxylic acids is 1. The Morgan fingerprint density at radius 3 is 2.56 bits per heavy atom. The lowest BCUT2D eigenvalue weighted by molar-refractivity contribution is -0.689. The average Bonchev–Trinajstić information content (AvgIpc) is 3.31. The van der Waals surface area contributed by atoms with Gasteiger partial charge >= 0.3 is 0 Å². The van der Waals surface area contributed by atoms with E-state index in [1.54, 1.807) is 17.0 Å². The van der Waals surface area contributed by atoms with Crippen LogP contribution in [0.15, 0.2) is 71.3 Å². The van der Waals surface area contributed by atoms with Crippen molar-refractivity contribution in [1.82, 2.24) is 15.2 Å². The number of fused-ring (bicyclic) bond motifs is 1. The maximum absolute atomic E-state index is 13.4. The molecule has 2 aliphatic heterocycles. The zero-order valence-corrected chi connectivity index (χ0v) is 23.7. The predicted molar refractivity (Wildman–Crippen MR) is 151 cm³/mol. The third-order valence-electron chi connectivity index (χ3n) is 6.37. The van der Waals surface area contributed by atoms with Gasteiger partial charge in [-0.3, -0.25) is 14.5 Å². The number of thiazole rings is 1. The second-order valence-corrected chi connectivity index (χ2v) is 11.8. The van der Waals surface area contributed by atoms with E-state index in [2.05, 4.69) is 15.5 Å². The molecule has 2 amide bonds. The third-order valence-corrected chi connectivity index (χ3v) is 8.79. The predicted octanol–water partition coefficient (Wildman–Crippen LogP) is 0.150. The fourth-order valence-corrected chi connectivity index (χ4v) is 6.62. The first-order valence-electron chi connectivity index (χ1n) is 12.3. The molecule has 0 spiro atoms. The highest BCUT2D eigenvalue weighted by Gasteiger charge is 2.53. The standard InChI is InChI=1S/C26H24ClN7O5S2/c27-21-17(31-26(29)41-21)18(32-39-12-15-6-4-14(10-28)5-7-15)22(35)30-19-23(36)34-20(25(37)38)16(13-40-24(19)34)11-33-8-2-1-3-9-33/h1-9,19,24H,10-13,28H2,(H3-,29,30,31,35,37,38)/b32-18-/t19-,24+/m1/s1. The summed E-state index contributed by atoms with van der Waals surface area (Å²) < 4.78 is 1.92. The van der Waals surface area contributed by atoms with Crippen molar-refractivity contribution in [3.05, 3.63) is 87.3 Å². The van der Waals surface area contributed by atoms with E-state index in [1.807, 2.05) is 42.5 Å². The van der Waals surface area contributed by atoms with Crippen LogP contribution in [0.25, 0.3) is 0 Å². The molecule has 2 aromatic heterocycles. The zero-order chi connectivity index (χ0) is 29.1. The average molecular weight is 614 g/mol. The molecule has 5 N–H and O–H groups in total. The number of halogens is 1. The summed E-state index contributed by atoms with van der Waals surface area (Å²) in [5.41, 5.74) is 13.2. The Hall–Kier alpha value is -3.98. The number of oxime groups is 1. The van der Waals surface area contributed by atoms with Crippen LogP contribution in [0.2, 0.25) is 4.34 Å². The van der Waals surface area contributed by atoms with E-state index in [-0.39, 0.29) is 39.7 Å². The number of hydrogen-bond acceptors (Lipinski definition) is 11. The number of benzene rings is 1. The quantitative estimate of drug-likeness (QED) is 0.124. The second-order valence-electron chi connectivity index (χ2n) is 9.06. The van der Waals surface area contributed by atoms with Crippen molar-refractivity contribution in [3.8, 4) is 0 Å². The summed E-state index contributed by atoms with van der Waals surface area (Å²) in [5.74, 6) is -2.50. The van der Waals surface area contributed by atoms with Gasteiger partial charge in [0.05, 0.1) is 11.7 Å². The number of anilines is 1. The van der Waals surface area contributed by atoms with Gasteiger partial charge in [0, 0.05) is 30.0 Å². The minimum absolute atomic E-state index is 0.00238. The second kappa shape index (κ2) is 12.3. The summed E-state index contributed by atoms with van der Waals surface area (Å²) in [6, 6.07) is 11.8. The van der Waals surface area contributed by atoms with Crippen LogP contribution >= 0.6 is 34.7 Å². The lowest BCUT2D eigenvalue weighted by Gasteiger charge is -2.50. The van der Waals surface area contributed by atoms with E-state index in [1.165, 1.54) is 11.8 Å². The van der Waals surface area contributed by atoms with Crippen LogP contribution < -0.4 is 26.5 Å². The van der Waals surface area contributed by atoms with E-state index in [0.29, 0.717) is 17.9 Å². The molecule has 0 unspecified atom stereocenters. The van der Waals surface area contributed by atoms with Crippen LogP contribution in [0.4, 0.5) is 5.13 Å². The van der Waals surface area contributed by atoms with Crippen molar-refractivity contribution in [2.75, 3.05) is 11.5 Å². The number of thioether (sulfide) groups is 1. The molecule has 0 bridgehead atoms. The number of nitrogens with zero attached hydrogens (tertiary/aromatic N) is 4. The third kappa shape index (κ3) is 6.05. The van der Waals surface area contributed by atoms with Gasteiger partial charge < -0.3 is 31.5 Å². The van der Waals surface area contributed by atoms with E-state index >= 15 is 0 Å². The van der Waals surface area contributed by atoms with Gasteiger partial charge in [-0.25, -0.2) is 9.55 Å². The summed E-state index contributed by atoms with van der Waals surface area (Å²) in [7, 11) is 0. The molecule has 0 saturated carbocycles. The molecular weight excluding hydrogens is 590 g/mol. The smallest absolute Gasteiger partial charge is 0.276 e. The number of nitrogens with two attached hydrogens (primary N) is 2. The van der Waals surface area contributed by atoms with Gasteiger partial charge in [0.2, 0.25) is 0 Å². The Morgan fingerprint density at radius 1 is 1.22 bits per heavy atom. The van der Waals surface area contributed by atoms with Crippen LogP contribution in [-0.4, -0.2) is 50.5 Å². The van der Waals surface area contributed by atoms with E-state index in [4.69, 9.17) is 27.9 Å². The molecule has 15 heteroatoms. The fourth-order valence-electron chi connectivity index (χ4n) is 4.36. The SMILES string of the molecule is NCc1ccc(CO/N=C(\C(=O)N[C@@H]2C(=O)N3C(C(=O)[O-])=C(C[n+]4ccccc4)CS[C@@H]23)c2nc(N)sc2Cl)cc1. The Bertz CT molecular complexity index is 1550. The lowest BCUT2D eigenvalue weighted by atomic mass is 10.0. The van der Waals surface area contributed by atoms with Crippen LogP contribution in [-0.2, 0) is 38.9 Å². The summed E-state index contributed by atoms with van der Waals surface area (Å²) in [5, 5.41) is 18.2. The van der Waals surface area contributed by atoms with Crippen LogP contribution in [0.5, 0.6) is 0 Å². The molecule has 3 aromatic rings. The number of nitrogens with one attached hydrogen (secondary N) is 1. The fraction of sp³-hybridized carbons (Fsp3) is 0.231. The van der Waals surface area contributed by atoms with Crippen LogP contribution in [0.1, 0.15) is 16.8 Å². The number of β-lactam (4-membered cyclic amide) rings is 1. The number of pyridine rings is 1. The summed E-state index contributed by atoms with van der Waals surface area (Å²) >= 11 is 8.55. The molecule has 4 heterocycles. The van der Waals surface area contributed by atoms with Crippen molar-refractivity contribution in [1.29, 1.82) is 0 Å². The number of carbonyl (C=O) groups excluding carboxylic acids is 3. The number of aliphatic carboxylic acids is 1. The number of amides is 2. The Balaban J connectivity index is 1.33. The van der Waals surface area contributed by atoms with Gasteiger partial charge in [-0.1, -0.05) is 58.4 Å². The van der Waals surface area contributed by atoms with Crippen molar-refractivity contribution < 1.29 is 28.9 Å². The van der Waals surface area contributed by atoms with Gasteiger partial charge in [-0.05, 0) is 11.1 Å². The minimum Gasteiger partial charge on any atom is -0.543 e. The summed E-state index contributed by atoms with van der Waals surface area (Å²) in [6.45, 7) is 0.713. The van der Waals surface area contributed by atoms with Gasteiger partial charge in [-0.15, -0.1) is 11.8 Å². The highest BCUT2D eigenvalue weighted by Crippen LogP contribution is 2.40. The number of hydrogen-bond donors (Lipinski definition) is 3. The molecule has 0 aliphatic carbocycles. The molecule has 1 fully saturated rings. The Labute approximate surface area is 247 Å². The maximum atomic E-state index is 13.4. The normalized spacial score (nSPS) is 18.5. The summed E-state index contributed by atoms with van der Waals surface area (Å²) in [4.78, 5) is 49.3. The highest BCUT2D eigenvalue weighted by molar-refractivity contribution is 8.00. The molecule has 2 aliphatic rings. The van der Waals surface area contributed by atoms with Crippen LogP contribution in [0.3, 0.4) is 0 Å². The molecule has 1 saturated heterocycles. The van der Waals surface area contributed by atoms with Crippen LogP contribution in [0, 0.1) is 0 Å². The van der Waals surface area contributed by atoms with Crippen molar-refractivity contribution in [2.24, 2.45) is 10.9 Å². The molecule has 41 heavy (non-hydrogen) atoms. The monoisotopic (exact) mass is 613 g/mol. The van der Waals surface area contributed by atoms with E-state index in [9.17, 15) is 19.5 Å². The number of carbonyl (C=O) groups is 3. The first-order valence-corrected chi connectivity index (χ1v) is 14.5. The maximum Gasteiger partial charge on any atom is 0.276 e.